The number of carbonyl (C=O) groups excluding carboxylic acids is 1. The molecule has 18 heavy (non-hydrogen) atoms. The van der Waals surface area contributed by atoms with E-state index < -0.39 is 0 Å². The zero-order chi connectivity index (χ0) is 12.5. The first-order chi connectivity index (χ1) is 8.70. The van der Waals surface area contributed by atoms with E-state index in [4.69, 9.17) is 0 Å². The lowest BCUT2D eigenvalue weighted by Gasteiger charge is -2.35. The van der Waals surface area contributed by atoms with E-state index in [1.165, 1.54) is 38.5 Å². The van der Waals surface area contributed by atoms with Crippen molar-refractivity contribution in [1.82, 2.24) is 15.5 Å². The zero-order valence-electron chi connectivity index (χ0n) is 11.3. The molecule has 2 heterocycles. The maximum absolute atomic E-state index is 11.8. The van der Waals surface area contributed by atoms with E-state index in [-0.39, 0.29) is 5.91 Å². The molecule has 102 valence electrons. The molecule has 2 bridgehead atoms. The third kappa shape index (κ3) is 3.04. The Balaban J connectivity index is 1.42. The Bertz CT molecular complexity index is 304. The van der Waals surface area contributed by atoms with E-state index in [0.29, 0.717) is 24.7 Å². The van der Waals surface area contributed by atoms with Crippen molar-refractivity contribution in [3.05, 3.63) is 0 Å². The van der Waals surface area contributed by atoms with Crippen LogP contribution in [0.25, 0.3) is 0 Å². The minimum Gasteiger partial charge on any atom is -0.355 e. The predicted molar refractivity (Wildman–Crippen MR) is 71.3 cm³/mol. The average molecular weight is 251 g/mol. The van der Waals surface area contributed by atoms with Crippen LogP contribution in [0.2, 0.25) is 0 Å². The van der Waals surface area contributed by atoms with Crippen molar-refractivity contribution in [3.63, 3.8) is 0 Å². The number of piperidine rings is 1. The second kappa shape index (κ2) is 5.17. The van der Waals surface area contributed by atoms with Crippen molar-refractivity contribution in [1.29, 1.82) is 0 Å². The fourth-order valence-electron chi connectivity index (χ4n) is 3.38. The molecule has 0 radical (unpaired) electrons. The van der Waals surface area contributed by atoms with Crippen LogP contribution in [0, 0.1) is 5.92 Å². The number of amides is 1. The first-order valence-corrected chi connectivity index (χ1v) is 7.43. The maximum atomic E-state index is 11.8. The van der Waals surface area contributed by atoms with Crippen molar-refractivity contribution < 1.29 is 4.79 Å². The highest BCUT2D eigenvalue weighted by atomic mass is 16.2. The van der Waals surface area contributed by atoms with Gasteiger partial charge in [-0.1, -0.05) is 0 Å². The number of hydrogen-bond donors (Lipinski definition) is 2. The van der Waals surface area contributed by atoms with E-state index in [0.717, 1.165) is 12.5 Å². The van der Waals surface area contributed by atoms with Gasteiger partial charge in [-0.2, -0.15) is 0 Å². The van der Waals surface area contributed by atoms with Crippen LogP contribution in [0.3, 0.4) is 0 Å². The van der Waals surface area contributed by atoms with E-state index in [1.54, 1.807) is 0 Å². The Hall–Kier alpha value is -0.610. The monoisotopic (exact) mass is 251 g/mol. The lowest BCUT2D eigenvalue weighted by atomic mass is 9.98. The summed E-state index contributed by atoms with van der Waals surface area (Å²) in [6, 6.07) is 1.99. The van der Waals surface area contributed by atoms with Crippen LogP contribution in [0.1, 0.15) is 38.5 Å². The molecule has 1 aliphatic carbocycles. The summed E-state index contributed by atoms with van der Waals surface area (Å²) in [6.07, 6.45) is 7.67. The molecular weight excluding hydrogens is 226 g/mol. The summed E-state index contributed by atoms with van der Waals surface area (Å²) in [5.41, 5.74) is 0. The maximum Gasteiger partial charge on any atom is 0.234 e. The molecule has 2 N–H and O–H groups in total. The van der Waals surface area contributed by atoms with Crippen LogP contribution in [-0.2, 0) is 4.79 Å². The normalized spacial score (nSPS) is 34.9. The zero-order valence-corrected chi connectivity index (χ0v) is 11.3. The Morgan fingerprint density at radius 2 is 1.89 bits per heavy atom. The van der Waals surface area contributed by atoms with Crippen molar-refractivity contribution in [2.45, 2.75) is 56.7 Å². The molecule has 4 heteroatoms. The van der Waals surface area contributed by atoms with Crippen LogP contribution < -0.4 is 10.6 Å². The molecule has 3 fully saturated rings. The summed E-state index contributed by atoms with van der Waals surface area (Å²) in [6.45, 7) is 1.46. The van der Waals surface area contributed by atoms with E-state index in [1.807, 2.05) is 0 Å². The van der Waals surface area contributed by atoms with Crippen LogP contribution in [0.5, 0.6) is 0 Å². The molecule has 0 aromatic heterocycles. The van der Waals surface area contributed by atoms with Gasteiger partial charge in [-0.15, -0.1) is 0 Å². The summed E-state index contributed by atoms with van der Waals surface area (Å²) in [5.74, 6) is 0.976. The van der Waals surface area contributed by atoms with Crippen molar-refractivity contribution in [2.24, 2.45) is 5.92 Å². The minimum absolute atomic E-state index is 0.204. The molecule has 0 aromatic carbocycles. The Labute approximate surface area is 109 Å². The summed E-state index contributed by atoms with van der Waals surface area (Å²) in [7, 11) is 2.10. The Morgan fingerprint density at radius 3 is 2.50 bits per heavy atom. The number of fused-ring (bicyclic) bond motifs is 2. The van der Waals surface area contributed by atoms with Gasteiger partial charge >= 0.3 is 0 Å². The molecule has 1 amide bonds. The standard InChI is InChI=1S/C14H25N3O/c1-17(9-14(18)15-8-10-2-3-10)13-6-11-4-5-12(7-13)16-11/h10-13,16H,2-9H2,1H3,(H,15,18). The largest absolute Gasteiger partial charge is 0.355 e. The highest BCUT2D eigenvalue weighted by Gasteiger charge is 2.35. The molecule has 1 saturated carbocycles. The molecule has 2 unspecified atom stereocenters. The second-order valence-corrected chi connectivity index (χ2v) is 6.43. The first kappa shape index (κ1) is 12.4. The summed E-state index contributed by atoms with van der Waals surface area (Å²) in [5, 5.41) is 6.71. The number of carbonyl (C=O) groups is 1. The lowest BCUT2D eigenvalue weighted by Crippen LogP contribution is -2.49. The van der Waals surface area contributed by atoms with E-state index >= 15 is 0 Å². The minimum atomic E-state index is 0.204. The predicted octanol–water partition coefficient (Wildman–Crippen LogP) is 0.727. The molecule has 2 aliphatic heterocycles. The first-order valence-electron chi connectivity index (χ1n) is 7.43. The van der Waals surface area contributed by atoms with Gasteiger partial charge in [-0.25, -0.2) is 0 Å². The van der Waals surface area contributed by atoms with Gasteiger partial charge in [0.25, 0.3) is 0 Å². The molecule has 0 aromatic rings. The number of likely N-dealkylation sites (N-methyl/N-ethyl adjacent to an activating group) is 1. The van der Waals surface area contributed by atoms with Crippen LogP contribution in [0.15, 0.2) is 0 Å². The van der Waals surface area contributed by atoms with Gasteiger partial charge < -0.3 is 10.6 Å². The Morgan fingerprint density at radius 1 is 1.22 bits per heavy atom. The highest BCUT2D eigenvalue weighted by molar-refractivity contribution is 5.78. The van der Waals surface area contributed by atoms with E-state index in [9.17, 15) is 4.79 Å². The van der Waals surface area contributed by atoms with Crippen molar-refractivity contribution >= 4 is 5.91 Å². The second-order valence-electron chi connectivity index (χ2n) is 6.43. The molecule has 2 saturated heterocycles. The van der Waals surface area contributed by atoms with Gasteiger partial charge in [0.1, 0.15) is 0 Å². The van der Waals surface area contributed by atoms with Gasteiger partial charge in [0.15, 0.2) is 0 Å². The fourth-order valence-corrected chi connectivity index (χ4v) is 3.38. The van der Waals surface area contributed by atoms with Gasteiger partial charge in [0.05, 0.1) is 6.54 Å². The van der Waals surface area contributed by atoms with E-state index in [2.05, 4.69) is 22.6 Å². The third-order valence-electron chi connectivity index (χ3n) is 4.75. The van der Waals surface area contributed by atoms with Crippen LogP contribution in [-0.4, -0.2) is 49.1 Å². The SMILES string of the molecule is CN(CC(=O)NCC1CC1)C1CC2CCC(C1)N2. The molecule has 0 spiro atoms. The van der Waals surface area contributed by atoms with Gasteiger partial charge in [-0.3, -0.25) is 9.69 Å². The smallest absolute Gasteiger partial charge is 0.234 e. The number of nitrogens with zero attached hydrogens (tertiary/aromatic N) is 1. The number of hydrogen-bond acceptors (Lipinski definition) is 3. The quantitative estimate of drug-likeness (QED) is 0.757. The van der Waals surface area contributed by atoms with Crippen LogP contribution in [0.4, 0.5) is 0 Å². The summed E-state index contributed by atoms with van der Waals surface area (Å²) < 4.78 is 0. The molecule has 4 nitrogen and oxygen atoms in total. The molecule has 3 aliphatic rings. The van der Waals surface area contributed by atoms with Crippen molar-refractivity contribution in [2.75, 3.05) is 20.1 Å². The average Bonchev–Trinajstić information content (AvgIpc) is 3.12. The highest BCUT2D eigenvalue weighted by Crippen LogP contribution is 2.29. The molecule has 2 atom stereocenters. The summed E-state index contributed by atoms with van der Waals surface area (Å²) >= 11 is 0. The summed E-state index contributed by atoms with van der Waals surface area (Å²) in [4.78, 5) is 14.1. The Kier molecular flexibility index (Phi) is 3.57. The van der Waals surface area contributed by atoms with Gasteiger partial charge in [-0.05, 0) is 51.5 Å². The topological polar surface area (TPSA) is 44.4 Å². The molecule has 3 rings (SSSR count). The van der Waals surface area contributed by atoms with Crippen LogP contribution >= 0.6 is 0 Å². The molecular formula is C14H25N3O. The number of rotatable bonds is 5. The lowest BCUT2D eigenvalue weighted by molar-refractivity contribution is -0.122. The number of nitrogens with one attached hydrogen (secondary N) is 2. The van der Waals surface area contributed by atoms with Gasteiger partial charge in [0, 0.05) is 24.7 Å². The third-order valence-corrected chi connectivity index (χ3v) is 4.75. The van der Waals surface area contributed by atoms with Crippen molar-refractivity contribution in [3.8, 4) is 0 Å². The fraction of sp³-hybridized carbons (Fsp3) is 0.929. The van der Waals surface area contributed by atoms with Gasteiger partial charge in [0.2, 0.25) is 5.91 Å².